The van der Waals surface area contributed by atoms with Gasteiger partial charge < -0.3 is 43.4 Å². The molecule has 13 nitrogen and oxygen atoms in total. The lowest BCUT2D eigenvalue weighted by atomic mass is 10.0. The van der Waals surface area contributed by atoms with Gasteiger partial charge in [-0.2, -0.15) is 11.8 Å². The average Bonchev–Trinajstić information content (AvgIpc) is 2.74. The van der Waals surface area contributed by atoms with Crippen LogP contribution in [0, 0.1) is 5.92 Å². The molecule has 33 heavy (non-hydrogen) atoms. The number of guanidine groups is 1. The van der Waals surface area contributed by atoms with Crippen molar-refractivity contribution in [2.24, 2.45) is 28.1 Å². The second kappa shape index (κ2) is 16.1. The third-order valence-corrected chi connectivity index (χ3v) is 5.24. The molecule has 0 aliphatic rings. The van der Waals surface area contributed by atoms with Crippen molar-refractivity contribution in [1.82, 2.24) is 16.0 Å². The van der Waals surface area contributed by atoms with E-state index in [1.54, 1.807) is 13.8 Å². The Balaban J connectivity index is 5.17. The molecule has 0 aliphatic carbocycles. The lowest BCUT2D eigenvalue weighted by molar-refractivity contribution is -0.143. The molecule has 0 radical (unpaired) electrons. The van der Waals surface area contributed by atoms with Crippen LogP contribution in [0.1, 0.15) is 33.1 Å². The van der Waals surface area contributed by atoms with Gasteiger partial charge >= 0.3 is 5.97 Å². The van der Waals surface area contributed by atoms with Gasteiger partial charge in [0.1, 0.15) is 18.1 Å². The lowest BCUT2D eigenvalue weighted by Gasteiger charge is -2.26. The predicted octanol–water partition coefficient (Wildman–Crippen LogP) is -2.69. The second-order valence-corrected chi connectivity index (χ2v) is 8.70. The molecule has 0 aliphatic heterocycles. The highest BCUT2D eigenvalue weighted by Gasteiger charge is 2.31. The van der Waals surface area contributed by atoms with Crippen molar-refractivity contribution in [3.05, 3.63) is 0 Å². The summed E-state index contributed by atoms with van der Waals surface area (Å²) in [6.07, 6.45) is 2.80. The molecular weight excluding hydrogens is 454 g/mol. The van der Waals surface area contributed by atoms with Crippen LogP contribution in [-0.4, -0.2) is 89.2 Å². The van der Waals surface area contributed by atoms with Gasteiger partial charge in [-0.1, -0.05) is 13.8 Å². The van der Waals surface area contributed by atoms with E-state index in [1.807, 2.05) is 6.26 Å². The molecular formula is C19H37N7O6S. The van der Waals surface area contributed by atoms with Gasteiger partial charge in [0.15, 0.2) is 5.96 Å². The van der Waals surface area contributed by atoms with E-state index >= 15 is 0 Å². The predicted molar refractivity (Wildman–Crippen MR) is 126 cm³/mol. The summed E-state index contributed by atoms with van der Waals surface area (Å²) in [7, 11) is 0. The van der Waals surface area contributed by atoms with Crippen molar-refractivity contribution in [1.29, 1.82) is 0 Å². The fraction of sp³-hybridized carbons (Fsp3) is 0.737. The molecule has 0 bridgehead atoms. The first kappa shape index (κ1) is 30.4. The zero-order valence-corrected chi connectivity index (χ0v) is 20.1. The molecule has 0 aromatic carbocycles. The van der Waals surface area contributed by atoms with Crippen LogP contribution in [0.5, 0.6) is 0 Å². The number of rotatable bonds is 16. The molecule has 0 heterocycles. The minimum atomic E-state index is -1.50. The first-order chi connectivity index (χ1) is 15.4. The van der Waals surface area contributed by atoms with Crippen LogP contribution in [0.15, 0.2) is 4.99 Å². The third kappa shape index (κ3) is 12.3. The van der Waals surface area contributed by atoms with Gasteiger partial charge in [0, 0.05) is 6.54 Å². The van der Waals surface area contributed by atoms with Crippen LogP contribution in [-0.2, 0) is 19.2 Å². The molecule has 4 atom stereocenters. The molecule has 0 fully saturated rings. The molecule has 0 rings (SSSR count). The number of carboxylic acid groups (broad SMARTS) is 1. The lowest BCUT2D eigenvalue weighted by Crippen LogP contribution is -2.58. The van der Waals surface area contributed by atoms with E-state index in [0.29, 0.717) is 25.1 Å². The highest BCUT2D eigenvalue weighted by Crippen LogP contribution is 2.07. The van der Waals surface area contributed by atoms with E-state index in [9.17, 15) is 19.2 Å². The van der Waals surface area contributed by atoms with Crippen molar-refractivity contribution in [3.8, 4) is 0 Å². The number of aliphatic hydroxyl groups excluding tert-OH is 1. The van der Waals surface area contributed by atoms with Gasteiger partial charge in [-0.15, -0.1) is 0 Å². The first-order valence-electron chi connectivity index (χ1n) is 10.5. The highest BCUT2D eigenvalue weighted by molar-refractivity contribution is 7.98. The Morgan fingerprint density at radius 1 is 0.970 bits per heavy atom. The second-order valence-electron chi connectivity index (χ2n) is 7.71. The number of thioether (sulfide) groups is 1. The Morgan fingerprint density at radius 3 is 2.06 bits per heavy atom. The number of carbonyl (C=O) groups excluding carboxylic acids is 3. The summed E-state index contributed by atoms with van der Waals surface area (Å²) < 4.78 is 0. The number of carboxylic acids is 1. The standard InChI is InChI=1S/C19H37N7O6S/c1-10(2)14(26-15(28)11(20)5-4-7-23-19(21)22)17(30)24-12(6-8-33-3)16(29)25-13(9-27)18(31)32/h10-14,27H,4-9,20H2,1-3H3,(H,24,30)(H,25,29)(H,26,28)(H,31,32)(H4,21,22,23). The Morgan fingerprint density at radius 2 is 1.58 bits per heavy atom. The summed E-state index contributed by atoms with van der Waals surface area (Å²) in [4.78, 5) is 52.8. The Labute approximate surface area is 197 Å². The van der Waals surface area contributed by atoms with E-state index in [4.69, 9.17) is 27.4 Å². The van der Waals surface area contributed by atoms with Gasteiger partial charge in [-0.05, 0) is 37.2 Å². The summed E-state index contributed by atoms with van der Waals surface area (Å²) in [6, 6.07) is -4.41. The maximum Gasteiger partial charge on any atom is 0.328 e. The van der Waals surface area contributed by atoms with Crippen molar-refractivity contribution in [2.45, 2.75) is 57.3 Å². The highest BCUT2D eigenvalue weighted by atomic mass is 32.2. The third-order valence-electron chi connectivity index (χ3n) is 4.59. The Bertz CT molecular complexity index is 688. The Hall–Kier alpha value is -2.58. The first-order valence-corrected chi connectivity index (χ1v) is 11.9. The molecule has 11 N–H and O–H groups in total. The summed E-state index contributed by atoms with van der Waals surface area (Å²) in [5, 5.41) is 25.5. The van der Waals surface area contributed by atoms with E-state index in [1.165, 1.54) is 11.8 Å². The van der Waals surface area contributed by atoms with Crippen LogP contribution < -0.4 is 33.2 Å². The monoisotopic (exact) mass is 491 g/mol. The minimum Gasteiger partial charge on any atom is -0.480 e. The molecule has 3 amide bonds. The normalized spacial score (nSPS) is 14.5. The van der Waals surface area contributed by atoms with Crippen LogP contribution in [0.3, 0.4) is 0 Å². The van der Waals surface area contributed by atoms with Gasteiger partial charge in [0.2, 0.25) is 17.7 Å². The smallest absolute Gasteiger partial charge is 0.328 e. The van der Waals surface area contributed by atoms with E-state index in [-0.39, 0.29) is 18.3 Å². The van der Waals surface area contributed by atoms with Crippen molar-refractivity contribution in [2.75, 3.05) is 25.2 Å². The van der Waals surface area contributed by atoms with Gasteiger partial charge in [0.05, 0.1) is 12.6 Å². The topological polar surface area (TPSA) is 235 Å². The van der Waals surface area contributed by atoms with Crippen LogP contribution in [0.25, 0.3) is 0 Å². The van der Waals surface area contributed by atoms with E-state index < -0.39 is 54.5 Å². The average molecular weight is 492 g/mol. The summed E-state index contributed by atoms with van der Waals surface area (Å²) in [5.41, 5.74) is 16.4. The molecule has 14 heteroatoms. The van der Waals surface area contributed by atoms with Crippen LogP contribution in [0.4, 0.5) is 0 Å². The SMILES string of the molecule is CSCCC(NC(=O)C(NC(=O)C(N)CCCN=C(N)N)C(C)C)C(=O)NC(CO)C(=O)O. The number of nitrogens with one attached hydrogen (secondary N) is 3. The van der Waals surface area contributed by atoms with Crippen molar-refractivity contribution >= 4 is 41.4 Å². The molecule has 4 unspecified atom stereocenters. The quantitative estimate of drug-likeness (QED) is 0.0632. The zero-order chi connectivity index (χ0) is 25.6. The van der Waals surface area contributed by atoms with E-state index in [2.05, 4.69) is 20.9 Å². The number of nitrogens with zero attached hydrogens (tertiary/aromatic N) is 1. The molecule has 190 valence electrons. The fourth-order valence-electron chi connectivity index (χ4n) is 2.67. The summed E-state index contributed by atoms with van der Waals surface area (Å²) in [5.74, 6) is -3.16. The number of carbonyl (C=O) groups is 4. The number of amides is 3. The van der Waals surface area contributed by atoms with Crippen LogP contribution in [0.2, 0.25) is 0 Å². The minimum absolute atomic E-state index is 0.0571. The molecule has 0 spiro atoms. The number of aliphatic imine (C=N–C) groups is 1. The van der Waals surface area contributed by atoms with E-state index in [0.717, 1.165) is 0 Å². The number of nitrogens with two attached hydrogens (primary N) is 3. The van der Waals surface area contributed by atoms with Gasteiger partial charge in [-0.25, -0.2) is 4.79 Å². The summed E-state index contributed by atoms with van der Waals surface area (Å²) >= 11 is 1.44. The largest absolute Gasteiger partial charge is 0.480 e. The Kier molecular flexibility index (Phi) is 14.8. The van der Waals surface area contributed by atoms with Crippen molar-refractivity contribution in [3.63, 3.8) is 0 Å². The van der Waals surface area contributed by atoms with Crippen LogP contribution >= 0.6 is 11.8 Å². The maximum absolute atomic E-state index is 12.9. The summed E-state index contributed by atoms with van der Waals surface area (Å²) in [6.45, 7) is 2.96. The molecule has 0 aromatic heterocycles. The number of hydrogen-bond acceptors (Lipinski definition) is 8. The zero-order valence-electron chi connectivity index (χ0n) is 19.2. The number of aliphatic hydroxyl groups is 1. The molecule has 0 saturated heterocycles. The van der Waals surface area contributed by atoms with Crippen molar-refractivity contribution < 1.29 is 29.4 Å². The maximum atomic E-state index is 12.9. The fourth-order valence-corrected chi connectivity index (χ4v) is 3.14. The van der Waals surface area contributed by atoms with Gasteiger partial charge in [-0.3, -0.25) is 19.4 Å². The number of hydrogen-bond donors (Lipinski definition) is 8. The molecule has 0 aromatic rings. The van der Waals surface area contributed by atoms with Gasteiger partial charge in [0.25, 0.3) is 0 Å². The number of aliphatic carboxylic acids is 1. The molecule has 0 saturated carbocycles.